The maximum absolute atomic E-state index is 11.0. The van der Waals surface area contributed by atoms with Crippen molar-refractivity contribution in [2.45, 2.75) is 19.5 Å². The minimum atomic E-state index is -1.10. The molecular formula is C13H14N4O4. The third-order valence-corrected chi connectivity index (χ3v) is 2.92. The fourth-order valence-electron chi connectivity index (χ4n) is 1.80. The van der Waals surface area contributed by atoms with E-state index >= 15 is 0 Å². The molecule has 0 radical (unpaired) electrons. The Balaban J connectivity index is 2.32. The number of benzene rings is 1. The predicted molar refractivity (Wildman–Crippen MR) is 75.1 cm³/mol. The van der Waals surface area contributed by atoms with Crippen LogP contribution in [0.2, 0.25) is 0 Å². The predicted octanol–water partition coefficient (Wildman–Crippen LogP) is 1.72. The van der Waals surface area contributed by atoms with E-state index in [4.69, 9.17) is 5.11 Å². The minimum Gasteiger partial charge on any atom is -0.480 e. The molecule has 21 heavy (non-hydrogen) atoms. The van der Waals surface area contributed by atoms with E-state index in [0.717, 1.165) is 11.8 Å². The number of anilines is 1. The van der Waals surface area contributed by atoms with Crippen LogP contribution in [0.5, 0.6) is 0 Å². The standard InChI is InChI=1S/C13H14N4O4/c1-9(13(18)19)15-12-11(17(20)21)7-14-16(12)8-10-5-3-2-4-6-10/h2-7,9,15H,8H2,1H3,(H,18,19)/t9-/m0/s1. The third kappa shape index (κ3) is 3.35. The van der Waals surface area contributed by atoms with Gasteiger partial charge < -0.3 is 10.4 Å². The molecular weight excluding hydrogens is 276 g/mol. The Morgan fingerprint density at radius 1 is 1.48 bits per heavy atom. The summed E-state index contributed by atoms with van der Waals surface area (Å²) in [5.41, 5.74) is 0.653. The molecule has 0 saturated heterocycles. The van der Waals surface area contributed by atoms with Gasteiger partial charge in [0.1, 0.15) is 12.2 Å². The lowest BCUT2D eigenvalue weighted by Crippen LogP contribution is -2.27. The second-order valence-corrected chi connectivity index (χ2v) is 4.48. The van der Waals surface area contributed by atoms with Gasteiger partial charge >= 0.3 is 11.7 Å². The molecule has 1 atom stereocenters. The van der Waals surface area contributed by atoms with Gasteiger partial charge in [0.05, 0.1) is 11.5 Å². The highest BCUT2D eigenvalue weighted by Gasteiger charge is 2.24. The smallest absolute Gasteiger partial charge is 0.330 e. The molecule has 1 aromatic carbocycles. The maximum atomic E-state index is 11.0. The van der Waals surface area contributed by atoms with Crippen LogP contribution in [0, 0.1) is 10.1 Å². The summed E-state index contributed by atoms with van der Waals surface area (Å²) >= 11 is 0. The molecule has 0 aliphatic rings. The summed E-state index contributed by atoms with van der Waals surface area (Å²) < 4.78 is 1.38. The molecule has 8 heteroatoms. The molecule has 0 spiro atoms. The highest BCUT2D eigenvalue weighted by atomic mass is 16.6. The molecule has 2 rings (SSSR count). The molecule has 1 heterocycles. The van der Waals surface area contributed by atoms with Gasteiger partial charge in [0, 0.05) is 0 Å². The number of aliphatic carboxylic acids is 1. The summed E-state index contributed by atoms with van der Waals surface area (Å²) in [7, 11) is 0. The zero-order valence-electron chi connectivity index (χ0n) is 11.3. The Labute approximate surface area is 120 Å². The Kier molecular flexibility index (Phi) is 4.17. The van der Waals surface area contributed by atoms with E-state index in [1.807, 2.05) is 30.3 Å². The van der Waals surface area contributed by atoms with Gasteiger partial charge in [-0.2, -0.15) is 5.10 Å². The average Bonchev–Trinajstić information content (AvgIpc) is 2.83. The van der Waals surface area contributed by atoms with Crippen LogP contribution in [-0.2, 0) is 11.3 Å². The lowest BCUT2D eigenvalue weighted by molar-refractivity contribution is -0.384. The van der Waals surface area contributed by atoms with E-state index in [1.54, 1.807) is 0 Å². The van der Waals surface area contributed by atoms with Crippen molar-refractivity contribution in [3.8, 4) is 0 Å². The Hall–Kier alpha value is -2.90. The fourth-order valence-corrected chi connectivity index (χ4v) is 1.80. The van der Waals surface area contributed by atoms with E-state index in [0.29, 0.717) is 6.54 Å². The molecule has 0 bridgehead atoms. The number of rotatable bonds is 6. The zero-order chi connectivity index (χ0) is 15.4. The Bertz CT molecular complexity index is 653. The highest BCUT2D eigenvalue weighted by molar-refractivity contribution is 5.77. The number of hydrogen-bond acceptors (Lipinski definition) is 5. The number of nitro groups is 1. The number of aromatic nitrogens is 2. The first-order valence-electron chi connectivity index (χ1n) is 6.22. The minimum absolute atomic E-state index is 0.0822. The van der Waals surface area contributed by atoms with Crippen LogP contribution in [0.1, 0.15) is 12.5 Å². The molecule has 0 amide bonds. The number of carboxylic acid groups (broad SMARTS) is 1. The summed E-state index contributed by atoms with van der Waals surface area (Å²) in [4.78, 5) is 21.3. The van der Waals surface area contributed by atoms with E-state index in [9.17, 15) is 14.9 Å². The fraction of sp³-hybridized carbons (Fsp3) is 0.231. The Morgan fingerprint density at radius 2 is 2.14 bits per heavy atom. The van der Waals surface area contributed by atoms with Gasteiger partial charge in [-0.25, -0.2) is 4.68 Å². The van der Waals surface area contributed by atoms with Gasteiger partial charge in [0.2, 0.25) is 5.82 Å². The molecule has 0 saturated carbocycles. The van der Waals surface area contributed by atoms with Gasteiger partial charge in [-0.3, -0.25) is 14.9 Å². The quantitative estimate of drug-likeness (QED) is 0.619. The highest BCUT2D eigenvalue weighted by Crippen LogP contribution is 2.25. The second kappa shape index (κ2) is 6.04. The Morgan fingerprint density at radius 3 is 2.71 bits per heavy atom. The summed E-state index contributed by atoms with van der Waals surface area (Å²) in [6, 6.07) is 8.31. The summed E-state index contributed by atoms with van der Waals surface area (Å²) in [6.45, 7) is 1.72. The first kappa shape index (κ1) is 14.5. The number of carboxylic acids is 1. The number of nitrogens with zero attached hydrogens (tertiary/aromatic N) is 3. The van der Waals surface area contributed by atoms with Gasteiger partial charge in [-0.05, 0) is 12.5 Å². The van der Waals surface area contributed by atoms with Crippen LogP contribution in [-0.4, -0.2) is 31.8 Å². The monoisotopic (exact) mass is 290 g/mol. The van der Waals surface area contributed by atoms with Gasteiger partial charge in [0.15, 0.2) is 0 Å². The van der Waals surface area contributed by atoms with Gasteiger partial charge in [-0.1, -0.05) is 30.3 Å². The van der Waals surface area contributed by atoms with Crippen molar-refractivity contribution in [1.82, 2.24) is 9.78 Å². The van der Waals surface area contributed by atoms with Crippen LogP contribution in [0.3, 0.4) is 0 Å². The largest absolute Gasteiger partial charge is 0.480 e. The van der Waals surface area contributed by atoms with Crippen LogP contribution in [0.15, 0.2) is 36.5 Å². The SMILES string of the molecule is C[C@H](Nc1c([N+](=O)[O-])cnn1Cc1ccccc1)C(=O)O. The van der Waals surface area contributed by atoms with Crippen molar-refractivity contribution >= 4 is 17.5 Å². The first-order chi connectivity index (χ1) is 9.99. The zero-order valence-corrected chi connectivity index (χ0v) is 11.3. The first-order valence-corrected chi connectivity index (χ1v) is 6.22. The topological polar surface area (TPSA) is 110 Å². The lowest BCUT2D eigenvalue weighted by Gasteiger charge is -2.12. The molecule has 0 fully saturated rings. The molecule has 1 aromatic heterocycles. The van der Waals surface area contributed by atoms with Crippen molar-refractivity contribution < 1.29 is 14.8 Å². The summed E-state index contributed by atoms with van der Waals surface area (Å²) in [6.07, 6.45) is 1.11. The van der Waals surface area contributed by atoms with Crippen molar-refractivity contribution in [1.29, 1.82) is 0 Å². The number of nitrogens with one attached hydrogen (secondary N) is 1. The number of carbonyl (C=O) groups is 1. The second-order valence-electron chi connectivity index (χ2n) is 4.48. The number of hydrogen-bond donors (Lipinski definition) is 2. The van der Waals surface area contributed by atoms with Crippen molar-refractivity contribution in [3.05, 3.63) is 52.2 Å². The summed E-state index contributed by atoms with van der Waals surface area (Å²) in [5.74, 6) is -1.02. The molecule has 8 nitrogen and oxygen atoms in total. The average molecular weight is 290 g/mol. The molecule has 2 aromatic rings. The maximum Gasteiger partial charge on any atom is 0.330 e. The summed E-state index contributed by atoms with van der Waals surface area (Å²) in [5, 5.41) is 26.5. The van der Waals surface area contributed by atoms with Crippen LogP contribution in [0.4, 0.5) is 11.5 Å². The van der Waals surface area contributed by atoms with Crippen LogP contribution in [0.25, 0.3) is 0 Å². The normalized spacial score (nSPS) is 11.9. The van der Waals surface area contributed by atoms with Gasteiger partial charge in [-0.15, -0.1) is 0 Å². The molecule has 2 N–H and O–H groups in total. The van der Waals surface area contributed by atoms with Gasteiger partial charge in [0.25, 0.3) is 0 Å². The molecule has 0 unspecified atom stereocenters. The molecule has 110 valence electrons. The van der Waals surface area contributed by atoms with Crippen molar-refractivity contribution in [2.24, 2.45) is 0 Å². The van der Waals surface area contributed by atoms with Crippen molar-refractivity contribution in [2.75, 3.05) is 5.32 Å². The third-order valence-electron chi connectivity index (χ3n) is 2.92. The molecule has 0 aliphatic carbocycles. The van der Waals surface area contributed by atoms with Crippen LogP contribution >= 0.6 is 0 Å². The van der Waals surface area contributed by atoms with Crippen molar-refractivity contribution in [3.63, 3.8) is 0 Å². The van der Waals surface area contributed by atoms with E-state index in [-0.39, 0.29) is 11.5 Å². The van der Waals surface area contributed by atoms with Crippen LogP contribution < -0.4 is 5.32 Å². The molecule has 0 aliphatic heterocycles. The lowest BCUT2D eigenvalue weighted by atomic mass is 10.2. The van der Waals surface area contributed by atoms with E-state index < -0.39 is 16.9 Å². The van der Waals surface area contributed by atoms with E-state index in [2.05, 4.69) is 10.4 Å². The van der Waals surface area contributed by atoms with E-state index in [1.165, 1.54) is 11.6 Å².